The molecule has 1 saturated heterocycles. The maximum Gasteiger partial charge on any atom is 0.416 e. The molecule has 1 fully saturated rings. The van der Waals surface area contributed by atoms with Gasteiger partial charge in [0, 0.05) is 17.0 Å². The number of nitrogens with zero attached hydrogens (tertiary/aromatic N) is 2. The summed E-state index contributed by atoms with van der Waals surface area (Å²) in [5.41, 5.74) is 0.701. The number of hydrogen-bond acceptors (Lipinski definition) is 3. The van der Waals surface area contributed by atoms with Gasteiger partial charge >= 0.3 is 6.18 Å². The second-order valence-electron chi connectivity index (χ2n) is 4.85. The Hall–Kier alpha value is -1.53. The van der Waals surface area contributed by atoms with E-state index in [4.69, 9.17) is 16.3 Å². The van der Waals surface area contributed by atoms with Crippen molar-refractivity contribution in [2.24, 2.45) is 0 Å². The molecule has 7 heteroatoms. The van der Waals surface area contributed by atoms with E-state index in [1.54, 1.807) is 29.2 Å². The van der Waals surface area contributed by atoms with E-state index in [-0.39, 0.29) is 13.2 Å². The van der Waals surface area contributed by atoms with Crippen molar-refractivity contribution in [3.8, 4) is 0 Å². The molecule has 0 N–H and O–H groups in total. The second-order valence-corrected chi connectivity index (χ2v) is 5.29. The molecule has 0 aliphatic carbocycles. The molecule has 3 nitrogen and oxygen atoms in total. The van der Waals surface area contributed by atoms with Gasteiger partial charge in [-0.05, 0) is 30.3 Å². The number of anilines is 1. The summed E-state index contributed by atoms with van der Waals surface area (Å²) in [5.74, 6) is 0.516. The Morgan fingerprint density at radius 2 is 2.05 bits per heavy atom. The highest BCUT2D eigenvalue weighted by molar-refractivity contribution is 6.31. The van der Waals surface area contributed by atoms with Gasteiger partial charge in [-0.25, -0.2) is 4.98 Å². The Bertz CT molecular complexity index is 662. The van der Waals surface area contributed by atoms with Crippen LogP contribution in [0.3, 0.4) is 0 Å². The normalized spacial score (nSPS) is 20.0. The van der Waals surface area contributed by atoms with Gasteiger partial charge in [0.15, 0.2) is 6.10 Å². The molecule has 0 spiro atoms. The Labute approximate surface area is 124 Å². The number of ether oxygens (including phenoxy) is 1. The molecule has 0 amide bonds. The number of aromatic nitrogens is 1. The van der Waals surface area contributed by atoms with Gasteiger partial charge in [0.2, 0.25) is 0 Å². The van der Waals surface area contributed by atoms with Crippen molar-refractivity contribution in [3.63, 3.8) is 0 Å². The van der Waals surface area contributed by atoms with Crippen molar-refractivity contribution in [3.05, 3.63) is 35.4 Å². The summed E-state index contributed by atoms with van der Waals surface area (Å²) in [7, 11) is 0. The first-order valence-corrected chi connectivity index (χ1v) is 6.81. The minimum Gasteiger partial charge on any atom is -0.365 e. The maximum absolute atomic E-state index is 12.7. The van der Waals surface area contributed by atoms with Crippen LogP contribution in [0.4, 0.5) is 19.0 Å². The largest absolute Gasteiger partial charge is 0.416 e. The quantitative estimate of drug-likeness (QED) is 0.803. The van der Waals surface area contributed by atoms with Crippen molar-refractivity contribution in [1.29, 1.82) is 0 Å². The molecule has 1 atom stereocenters. The van der Waals surface area contributed by atoms with E-state index >= 15 is 0 Å². The van der Waals surface area contributed by atoms with E-state index in [9.17, 15) is 13.2 Å². The molecule has 1 aliphatic heterocycles. The first-order chi connectivity index (χ1) is 9.93. The van der Waals surface area contributed by atoms with Crippen LogP contribution in [0.1, 0.15) is 0 Å². The molecule has 3 rings (SSSR count). The Morgan fingerprint density at radius 1 is 1.24 bits per heavy atom. The van der Waals surface area contributed by atoms with E-state index in [1.165, 1.54) is 0 Å². The third-order valence-electron chi connectivity index (χ3n) is 3.39. The summed E-state index contributed by atoms with van der Waals surface area (Å²) in [6, 6.07) is 8.74. The first kappa shape index (κ1) is 14.4. The van der Waals surface area contributed by atoms with Gasteiger partial charge in [-0.2, -0.15) is 13.2 Å². The van der Waals surface area contributed by atoms with Crippen LogP contribution in [0, 0.1) is 0 Å². The molecule has 0 radical (unpaired) electrons. The van der Waals surface area contributed by atoms with Gasteiger partial charge in [-0.15, -0.1) is 0 Å². The molecule has 1 aliphatic rings. The highest BCUT2D eigenvalue weighted by atomic mass is 35.5. The standard InChI is InChI=1S/C14H12ClF3N2O/c15-10-2-3-11-9(7-10)1-4-13(19-11)20-5-6-21-12(8-20)14(16,17)18/h1-4,7,12H,5-6,8H2/t12-/m1/s1. The van der Waals surface area contributed by atoms with Crippen LogP contribution in [0.25, 0.3) is 10.9 Å². The topological polar surface area (TPSA) is 25.4 Å². The number of fused-ring (bicyclic) bond motifs is 1. The zero-order valence-corrected chi connectivity index (χ0v) is 11.7. The van der Waals surface area contributed by atoms with E-state index in [0.717, 1.165) is 5.39 Å². The number of pyridine rings is 1. The summed E-state index contributed by atoms with van der Waals surface area (Å²) in [6.07, 6.45) is -6.13. The number of halogens is 4. The Morgan fingerprint density at radius 3 is 2.81 bits per heavy atom. The molecule has 0 bridgehead atoms. The molecule has 0 unspecified atom stereocenters. The van der Waals surface area contributed by atoms with Crippen LogP contribution in [0.2, 0.25) is 5.02 Å². The highest BCUT2D eigenvalue weighted by Gasteiger charge is 2.43. The summed E-state index contributed by atoms with van der Waals surface area (Å²) < 4.78 is 43.0. The average Bonchev–Trinajstić information content (AvgIpc) is 2.46. The van der Waals surface area contributed by atoms with Crippen molar-refractivity contribution in [2.45, 2.75) is 12.3 Å². The van der Waals surface area contributed by atoms with Crippen molar-refractivity contribution >= 4 is 28.3 Å². The van der Waals surface area contributed by atoms with Crippen LogP contribution in [0.15, 0.2) is 30.3 Å². The van der Waals surface area contributed by atoms with E-state index in [2.05, 4.69) is 4.98 Å². The second kappa shape index (κ2) is 5.35. The van der Waals surface area contributed by atoms with Crippen molar-refractivity contribution < 1.29 is 17.9 Å². The minimum atomic E-state index is -4.36. The summed E-state index contributed by atoms with van der Waals surface area (Å²) in [4.78, 5) is 5.99. The Kier molecular flexibility index (Phi) is 3.67. The van der Waals surface area contributed by atoms with Crippen LogP contribution in [0.5, 0.6) is 0 Å². The van der Waals surface area contributed by atoms with E-state index in [0.29, 0.717) is 22.9 Å². The zero-order chi connectivity index (χ0) is 15.0. The molecule has 21 heavy (non-hydrogen) atoms. The predicted molar refractivity (Wildman–Crippen MR) is 74.8 cm³/mol. The number of rotatable bonds is 1. The van der Waals surface area contributed by atoms with Gasteiger partial charge in [0.05, 0.1) is 18.7 Å². The minimum absolute atomic E-state index is 0.0323. The molecule has 1 aromatic heterocycles. The summed E-state index contributed by atoms with van der Waals surface area (Å²) in [5, 5.41) is 1.45. The molecule has 1 aromatic carbocycles. The fourth-order valence-electron chi connectivity index (χ4n) is 2.32. The molecule has 0 saturated carbocycles. The lowest BCUT2D eigenvalue weighted by Gasteiger charge is -2.34. The molecular weight excluding hydrogens is 305 g/mol. The van der Waals surface area contributed by atoms with Gasteiger partial charge in [0.1, 0.15) is 5.82 Å². The first-order valence-electron chi connectivity index (χ1n) is 6.43. The fourth-order valence-corrected chi connectivity index (χ4v) is 2.50. The molecule has 112 valence electrons. The third-order valence-corrected chi connectivity index (χ3v) is 3.63. The molecule has 2 heterocycles. The van der Waals surface area contributed by atoms with Gasteiger partial charge in [-0.1, -0.05) is 11.6 Å². The van der Waals surface area contributed by atoms with Gasteiger partial charge in [0.25, 0.3) is 0 Å². The van der Waals surface area contributed by atoms with Crippen LogP contribution < -0.4 is 4.90 Å². The monoisotopic (exact) mass is 316 g/mol. The summed E-state index contributed by atoms with van der Waals surface area (Å²) in [6.45, 7) is 0.179. The third kappa shape index (κ3) is 3.06. The summed E-state index contributed by atoms with van der Waals surface area (Å²) >= 11 is 5.90. The number of hydrogen-bond donors (Lipinski definition) is 0. The van der Waals surface area contributed by atoms with Crippen LogP contribution in [-0.4, -0.2) is 37.0 Å². The van der Waals surface area contributed by atoms with E-state index < -0.39 is 12.3 Å². The zero-order valence-electron chi connectivity index (χ0n) is 10.9. The lowest BCUT2D eigenvalue weighted by atomic mass is 10.2. The molecular formula is C14H12ClF3N2O. The Balaban J connectivity index is 1.88. The van der Waals surface area contributed by atoms with Crippen molar-refractivity contribution in [2.75, 3.05) is 24.6 Å². The fraction of sp³-hybridized carbons (Fsp3) is 0.357. The average molecular weight is 317 g/mol. The van der Waals surface area contributed by atoms with Crippen LogP contribution >= 0.6 is 11.6 Å². The lowest BCUT2D eigenvalue weighted by molar-refractivity contribution is -0.221. The lowest BCUT2D eigenvalue weighted by Crippen LogP contribution is -2.49. The molecule has 2 aromatic rings. The SMILES string of the molecule is FC(F)(F)[C@H]1CN(c2ccc3cc(Cl)ccc3n2)CCO1. The number of alkyl halides is 3. The smallest absolute Gasteiger partial charge is 0.365 e. The van der Waals surface area contributed by atoms with Gasteiger partial charge < -0.3 is 9.64 Å². The van der Waals surface area contributed by atoms with E-state index in [1.807, 2.05) is 6.07 Å². The number of morpholine rings is 1. The highest BCUT2D eigenvalue weighted by Crippen LogP contribution is 2.28. The van der Waals surface area contributed by atoms with Crippen LogP contribution in [-0.2, 0) is 4.74 Å². The maximum atomic E-state index is 12.7. The number of benzene rings is 1. The van der Waals surface area contributed by atoms with Gasteiger partial charge in [-0.3, -0.25) is 0 Å². The predicted octanol–water partition coefficient (Wildman–Crippen LogP) is 3.66. The van der Waals surface area contributed by atoms with Crippen molar-refractivity contribution in [1.82, 2.24) is 4.98 Å².